The summed E-state index contributed by atoms with van der Waals surface area (Å²) in [7, 11) is 0. The first-order valence-corrected chi connectivity index (χ1v) is 6.47. The number of alkyl halides is 3. The first-order valence-electron chi connectivity index (χ1n) is 6.47. The van der Waals surface area contributed by atoms with E-state index in [1.807, 2.05) is 24.3 Å². The largest absolute Gasteiger partial charge is 0.433 e. The van der Waals surface area contributed by atoms with Crippen molar-refractivity contribution in [2.24, 2.45) is 0 Å². The van der Waals surface area contributed by atoms with Crippen molar-refractivity contribution >= 4 is 17.1 Å². The van der Waals surface area contributed by atoms with E-state index in [9.17, 15) is 13.2 Å². The molecule has 112 valence electrons. The van der Waals surface area contributed by atoms with E-state index in [1.54, 1.807) is 0 Å². The highest BCUT2D eigenvalue weighted by molar-refractivity contribution is 5.72. The van der Waals surface area contributed by atoms with Crippen molar-refractivity contribution in [1.82, 2.24) is 4.98 Å². The molecule has 0 aliphatic rings. The Balaban J connectivity index is 2.26. The van der Waals surface area contributed by atoms with Gasteiger partial charge in [0.15, 0.2) is 0 Å². The minimum atomic E-state index is -4.49. The molecule has 0 amide bonds. The predicted octanol–water partition coefficient (Wildman–Crippen LogP) is 4.55. The fourth-order valence-corrected chi connectivity index (χ4v) is 1.84. The molecule has 3 nitrogen and oxygen atoms in total. The van der Waals surface area contributed by atoms with E-state index in [1.165, 1.54) is 0 Å². The molecule has 0 bridgehead atoms. The van der Waals surface area contributed by atoms with Crippen LogP contribution >= 0.6 is 0 Å². The van der Waals surface area contributed by atoms with Crippen LogP contribution in [-0.4, -0.2) is 4.98 Å². The second-order valence-electron chi connectivity index (χ2n) is 5.06. The highest BCUT2D eigenvalue weighted by atomic mass is 19.4. The van der Waals surface area contributed by atoms with Crippen LogP contribution in [-0.2, 0) is 6.18 Å². The fraction of sp³-hybridized carbons (Fsp3) is 0.267. The Bertz CT molecular complexity index is 619. The number of nitrogens with one attached hydrogen (secondary N) is 1. The number of nitrogen functional groups attached to an aromatic ring is 1. The summed E-state index contributed by atoms with van der Waals surface area (Å²) in [5.41, 5.74) is 6.87. The Hall–Kier alpha value is -2.24. The van der Waals surface area contributed by atoms with Crippen molar-refractivity contribution in [2.45, 2.75) is 25.9 Å². The van der Waals surface area contributed by atoms with Crippen LogP contribution in [0.5, 0.6) is 0 Å². The van der Waals surface area contributed by atoms with Gasteiger partial charge in [0, 0.05) is 5.69 Å². The third kappa shape index (κ3) is 3.65. The molecule has 21 heavy (non-hydrogen) atoms. The monoisotopic (exact) mass is 295 g/mol. The summed E-state index contributed by atoms with van der Waals surface area (Å²) in [6.07, 6.45) is -3.49. The highest BCUT2D eigenvalue weighted by Crippen LogP contribution is 2.32. The van der Waals surface area contributed by atoms with Crippen molar-refractivity contribution in [3.8, 4) is 0 Å². The van der Waals surface area contributed by atoms with E-state index in [0.29, 0.717) is 11.6 Å². The second kappa shape index (κ2) is 5.63. The molecule has 0 unspecified atom stereocenters. The van der Waals surface area contributed by atoms with Crippen LogP contribution in [0.15, 0.2) is 36.5 Å². The summed E-state index contributed by atoms with van der Waals surface area (Å²) in [5, 5.41) is 2.89. The number of benzene rings is 1. The lowest BCUT2D eigenvalue weighted by Gasteiger charge is -2.13. The van der Waals surface area contributed by atoms with Gasteiger partial charge in [0.05, 0.1) is 17.6 Å². The van der Waals surface area contributed by atoms with Gasteiger partial charge in [0.2, 0.25) is 0 Å². The van der Waals surface area contributed by atoms with Crippen LogP contribution in [0, 0.1) is 0 Å². The quantitative estimate of drug-likeness (QED) is 0.873. The molecule has 0 saturated heterocycles. The maximum Gasteiger partial charge on any atom is 0.433 e. The Kier molecular flexibility index (Phi) is 4.06. The number of halogens is 3. The maximum atomic E-state index is 12.6. The van der Waals surface area contributed by atoms with E-state index in [4.69, 9.17) is 5.73 Å². The molecule has 2 rings (SSSR count). The smallest absolute Gasteiger partial charge is 0.396 e. The average molecular weight is 295 g/mol. The predicted molar refractivity (Wildman–Crippen MR) is 77.5 cm³/mol. The lowest BCUT2D eigenvalue weighted by atomic mass is 10.0. The lowest BCUT2D eigenvalue weighted by molar-refractivity contribution is -0.141. The molecule has 0 radical (unpaired) electrons. The zero-order valence-corrected chi connectivity index (χ0v) is 11.7. The van der Waals surface area contributed by atoms with Gasteiger partial charge in [0.25, 0.3) is 0 Å². The van der Waals surface area contributed by atoms with Crippen LogP contribution < -0.4 is 11.1 Å². The molecule has 0 aliphatic carbocycles. The van der Waals surface area contributed by atoms with Crippen molar-refractivity contribution in [3.05, 3.63) is 47.8 Å². The Morgan fingerprint density at radius 3 is 2.29 bits per heavy atom. The normalized spacial score (nSPS) is 11.7. The SMILES string of the molecule is CC(C)c1ccc(Nc2cc(C(F)(F)F)ncc2N)cc1. The zero-order chi connectivity index (χ0) is 15.6. The number of pyridine rings is 1. The summed E-state index contributed by atoms with van der Waals surface area (Å²) in [5.74, 6) is 0.391. The number of hydrogen-bond donors (Lipinski definition) is 2. The van der Waals surface area contributed by atoms with Crippen molar-refractivity contribution in [3.63, 3.8) is 0 Å². The topological polar surface area (TPSA) is 50.9 Å². The summed E-state index contributed by atoms with van der Waals surface area (Å²) in [4.78, 5) is 3.30. The van der Waals surface area contributed by atoms with Gasteiger partial charge < -0.3 is 11.1 Å². The molecule has 0 saturated carbocycles. The van der Waals surface area contributed by atoms with Gasteiger partial charge in [-0.1, -0.05) is 26.0 Å². The third-order valence-electron chi connectivity index (χ3n) is 3.08. The fourth-order valence-electron chi connectivity index (χ4n) is 1.84. The Morgan fingerprint density at radius 1 is 1.14 bits per heavy atom. The summed E-state index contributed by atoms with van der Waals surface area (Å²) < 4.78 is 37.9. The standard InChI is InChI=1S/C15H16F3N3/c1-9(2)10-3-5-11(6-4-10)21-13-7-14(15(16,17)18)20-8-12(13)19/h3-9H,19H2,1-2H3,(H,20,21). The van der Waals surface area contributed by atoms with E-state index in [-0.39, 0.29) is 11.4 Å². The number of nitrogens with zero attached hydrogens (tertiary/aromatic N) is 1. The molecule has 0 atom stereocenters. The first-order chi connectivity index (χ1) is 9.77. The van der Waals surface area contributed by atoms with Gasteiger partial charge in [-0.2, -0.15) is 13.2 Å². The van der Waals surface area contributed by atoms with E-state index >= 15 is 0 Å². The number of nitrogens with two attached hydrogens (primary N) is 1. The molecule has 0 aliphatic heterocycles. The number of aromatic nitrogens is 1. The molecular weight excluding hydrogens is 279 g/mol. The van der Waals surface area contributed by atoms with Gasteiger partial charge >= 0.3 is 6.18 Å². The van der Waals surface area contributed by atoms with Crippen LogP contribution in [0.4, 0.5) is 30.2 Å². The summed E-state index contributed by atoms with van der Waals surface area (Å²) in [6.45, 7) is 4.14. The minimum absolute atomic E-state index is 0.163. The van der Waals surface area contributed by atoms with Gasteiger partial charge in [-0.05, 0) is 29.7 Å². The van der Waals surface area contributed by atoms with Crippen molar-refractivity contribution in [1.29, 1.82) is 0 Å². The maximum absolute atomic E-state index is 12.6. The third-order valence-corrected chi connectivity index (χ3v) is 3.08. The molecule has 0 fully saturated rings. The van der Waals surface area contributed by atoms with Gasteiger partial charge in [-0.15, -0.1) is 0 Å². The number of anilines is 3. The first kappa shape index (κ1) is 15.2. The lowest BCUT2D eigenvalue weighted by Crippen LogP contribution is -2.09. The second-order valence-corrected chi connectivity index (χ2v) is 5.06. The molecule has 1 aromatic heterocycles. The van der Waals surface area contributed by atoms with Crippen LogP contribution in [0.1, 0.15) is 31.0 Å². The van der Waals surface area contributed by atoms with Gasteiger partial charge in [-0.3, -0.25) is 0 Å². The highest BCUT2D eigenvalue weighted by Gasteiger charge is 2.32. The Morgan fingerprint density at radius 2 is 1.76 bits per heavy atom. The van der Waals surface area contributed by atoms with Crippen LogP contribution in [0.3, 0.4) is 0 Å². The van der Waals surface area contributed by atoms with Gasteiger partial charge in [-0.25, -0.2) is 4.98 Å². The summed E-state index contributed by atoms with van der Waals surface area (Å²) in [6, 6.07) is 8.38. The number of rotatable bonds is 3. The number of hydrogen-bond acceptors (Lipinski definition) is 3. The zero-order valence-electron chi connectivity index (χ0n) is 11.7. The van der Waals surface area contributed by atoms with E-state index < -0.39 is 11.9 Å². The van der Waals surface area contributed by atoms with E-state index in [0.717, 1.165) is 17.8 Å². The molecule has 1 heterocycles. The van der Waals surface area contributed by atoms with Crippen LogP contribution in [0.2, 0.25) is 0 Å². The molecule has 3 N–H and O–H groups in total. The average Bonchev–Trinajstić information content (AvgIpc) is 2.40. The molecule has 1 aromatic carbocycles. The molecule has 6 heteroatoms. The summed E-state index contributed by atoms with van der Waals surface area (Å²) >= 11 is 0. The molecule has 0 spiro atoms. The molecular formula is C15H16F3N3. The minimum Gasteiger partial charge on any atom is -0.396 e. The van der Waals surface area contributed by atoms with Crippen LogP contribution in [0.25, 0.3) is 0 Å². The van der Waals surface area contributed by atoms with Crippen molar-refractivity contribution < 1.29 is 13.2 Å². The molecule has 2 aromatic rings. The van der Waals surface area contributed by atoms with Gasteiger partial charge in [0.1, 0.15) is 5.69 Å². The van der Waals surface area contributed by atoms with E-state index in [2.05, 4.69) is 24.1 Å². The van der Waals surface area contributed by atoms with Crippen molar-refractivity contribution in [2.75, 3.05) is 11.1 Å². The Labute approximate surface area is 121 Å².